The molecule has 3 rings (SSSR count). The molecule has 1 aliphatic rings. The van der Waals surface area contributed by atoms with Gasteiger partial charge in [0.15, 0.2) is 0 Å². The lowest BCUT2D eigenvalue weighted by atomic mass is 10.1. The maximum Gasteiger partial charge on any atom is 0.340 e. The quantitative estimate of drug-likeness (QED) is 0.850. The predicted octanol–water partition coefficient (Wildman–Crippen LogP) is 3.25. The molecule has 1 aliphatic heterocycles. The Labute approximate surface area is 147 Å². The van der Waals surface area contributed by atoms with Crippen molar-refractivity contribution in [2.24, 2.45) is 0 Å². The largest absolute Gasteiger partial charge is 0.462 e. The highest BCUT2D eigenvalue weighted by atomic mass is 16.5. The van der Waals surface area contributed by atoms with Gasteiger partial charge < -0.3 is 15.0 Å². The molecule has 2 aromatic carbocycles. The van der Waals surface area contributed by atoms with Crippen LogP contribution in [0.25, 0.3) is 0 Å². The van der Waals surface area contributed by atoms with Crippen molar-refractivity contribution < 1.29 is 14.3 Å². The number of hydrogen-bond donors (Lipinski definition) is 1. The highest BCUT2D eigenvalue weighted by molar-refractivity contribution is 6.02. The van der Waals surface area contributed by atoms with Crippen LogP contribution in [0.3, 0.4) is 0 Å². The Hall–Kier alpha value is -2.82. The average molecular weight is 338 g/mol. The average Bonchev–Trinajstić information content (AvgIpc) is 2.91. The second kappa shape index (κ2) is 7.38. The number of ether oxygens (including phenoxy) is 1. The molecule has 0 saturated carbocycles. The van der Waals surface area contributed by atoms with Gasteiger partial charge in [0.2, 0.25) is 5.91 Å². The standard InChI is InChI=1S/C20H22N2O3/c1-3-25-20(24)16-9-5-6-10-17(16)21-19(23)13-22-14(2)12-15-8-4-7-11-18(15)22/h4-11,14H,3,12-13H2,1-2H3,(H,21,23)/t14-/m0/s1. The number of fused-ring (bicyclic) bond motifs is 1. The molecular formula is C20H22N2O3. The first-order valence-corrected chi connectivity index (χ1v) is 8.50. The second-order valence-corrected chi connectivity index (χ2v) is 6.12. The van der Waals surface area contributed by atoms with E-state index in [2.05, 4.69) is 23.2 Å². The number of esters is 1. The van der Waals surface area contributed by atoms with Gasteiger partial charge in [-0.3, -0.25) is 4.79 Å². The van der Waals surface area contributed by atoms with Gasteiger partial charge in [-0.15, -0.1) is 0 Å². The van der Waals surface area contributed by atoms with E-state index in [-0.39, 0.29) is 18.5 Å². The monoisotopic (exact) mass is 338 g/mol. The van der Waals surface area contributed by atoms with Crippen molar-refractivity contribution in [3.63, 3.8) is 0 Å². The summed E-state index contributed by atoms with van der Waals surface area (Å²) in [6, 6.07) is 15.3. The fraction of sp³-hybridized carbons (Fsp3) is 0.300. The van der Waals surface area contributed by atoms with Crippen molar-refractivity contribution >= 4 is 23.3 Å². The summed E-state index contributed by atoms with van der Waals surface area (Å²) in [5, 5.41) is 2.85. The van der Waals surface area contributed by atoms with Crippen LogP contribution in [0.2, 0.25) is 0 Å². The number of carbonyl (C=O) groups is 2. The smallest absolute Gasteiger partial charge is 0.340 e. The van der Waals surface area contributed by atoms with Crippen LogP contribution in [0.15, 0.2) is 48.5 Å². The summed E-state index contributed by atoms with van der Waals surface area (Å²) in [5.74, 6) is -0.585. The zero-order valence-electron chi connectivity index (χ0n) is 14.5. The fourth-order valence-electron chi connectivity index (χ4n) is 3.19. The molecule has 2 aromatic rings. The topological polar surface area (TPSA) is 58.6 Å². The van der Waals surface area contributed by atoms with Gasteiger partial charge in [0.05, 0.1) is 24.4 Å². The van der Waals surface area contributed by atoms with E-state index in [9.17, 15) is 9.59 Å². The summed E-state index contributed by atoms with van der Waals surface area (Å²) in [6.45, 7) is 4.41. The van der Waals surface area contributed by atoms with Crippen molar-refractivity contribution in [2.45, 2.75) is 26.3 Å². The zero-order chi connectivity index (χ0) is 17.8. The Kier molecular flexibility index (Phi) is 5.03. The van der Waals surface area contributed by atoms with Gasteiger partial charge in [-0.05, 0) is 44.0 Å². The molecule has 5 heteroatoms. The van der Waals surface area contributed by atoms with E-state index in [0.717, 1.165) is 12.1 Å². The van der Waals surface area contributed by atoms with Crippen LogP contribution in [0.1, 0.15) is 29.8 Å². The molecule has 0 spiro atoms. The molecule has 0 aliphatic carbocycles. The summed E-state index contributed by atoms with van der Waals surface area (Å²) < 4.78 is 5.05. The van der Waals surface area contributed by atoms with Gasteiger partial charge in [0.25, 0.3) is 0 Å². The van der Waals surface area contributed by atoms with Crippen molar-refractivity contribution in [3.8, 4) is 0 Å². The van der Waals surface area contributed by atoms with Crippen LogP contribution in [0.4, 0.5) is 11.4 Å². The lowest BCUT2D eigenvalue weighted by molar-refractivity contribution is -0.115. The summed E-state index contributed by atoms with van der Waals surface area (Å²) in [5.41, 5.74) is 3.21. The third-order valence-electron chi connectivity index (χ3n) is 4.36. The van der Waals surface area contributed by atoms with Gasteiger partial charge >= 0.3 is 5.97 Å². The van der Waals surface area contributed by atoms with E-state index in [1.807, 2.05) is 18.2 Å². The van der Waals surface area contributed by atoms with Crippen LogP contribution in [-0.4, -0.2) is 31.1 Å². The summed E-state index contributed by atoms with van der Waals surface area (Å²) >= 11 is 0. The number of para-hydroxylation sites is 2. The zero-order valence-corrected chi connectivity index (χ0v) is 14.5. The minimum Gasteiger partial charge on any atom is -0.462 e. The Bertz CT molecular complexity index is 788. The van der Waals surface area contributed by atoms with Gasteiger partial charge in [0, 0.05) is 11.7 Å². The van der Waals surface area contributed by atoms with Crippen molar-refractivity contribution in [3.05, 3.63) is 59.7 Å². The minimum absolute atomic E-state index is 0.152. The fourth-order valence-corrected chi connectivity index (χ4v) is 3.19. The third-order valence-corrected chi connectivity index (χ3v) is 4.36. The first-order valence-electron chi connectivity index (χ1n) is 8.50. The molecule has 130 valence electrons. The Balaban J connectivity index is 1.73. The van der Waals surface area contributed by atoms with Gasteiger partial charge in [0.1, 0.15) is 0 Å². The summed E-state index contributed by atoms with van der Waals surface area (Å²) in [7, 11) is 0. The Morgan fingerprint density at radius 3 is 2.68 bits per heavy atom. The van der Waals surface area contributed by atoms with Crippen molar-refractivity contribution in [1.29, 1.82) is 0 Å². The van der Waals surface area contributed by atoms with Crippen LogP contribution in [0, 0.1) is 0 Å². The second-order valence-electron chi connectivity index (χ2n) is 6.12. The first-order chi connectivity index (χ1) is 12.1. The predicted molar refractivity (Wildman–Crippen MR) is 98.0 cm³/mol. The molecule has 1 N–H and O–H groups in total. The van der Waals surface area contributed by atoms with Crippen LogP contribution < -0.4 is 10.2 Å². The third kappa shape index (κ3) is 3.65. The lowest BCUT2D eigenvalue weighted by Crippen LogP contribution is -2.37. The number of anilines is 2. The first kappa shape index (κ1) is 17.0. The minimum atomic E-state index is -0.432. The molecule has 0 bridgehead atoms. The Morgan fingerprint density at radius 1 is 1.16 bits per heavy atom. The van der Waals surface area contributed by atoms with E-state index in [1.54, 1.807) is 31.2 Å². The van der Waals surface area contributed by atoms with Gasteiger partial charge in [-0.25, -0.2) is 4.79 Å². The van der Waals surface area contributed by atoms with E-state index in [0.29, 0.717) is 17.9 Å². The van der Waals surface area contributed by atoms with Crippen molar-refractivity contribution in [1.82, 2.24) is 0 Å². The number of hydrogen-bond acceptors (Lipinski definition) is 4. The van der Waals surface area contributed by atoms with E-state index in [1.165, 1.54) is 5.56 Å². The van der Waals surface area contributed by atoms with E-state index >= 15 is 0 Å². The maximum atomic E-state index is 12.6. The molecular weight excluding hydrogens is 316 g/mol. The number of rotatable bonds is 5. The lowest BCUT2D eigenvalue weighted by Gasteiger charge is -2.24. The van der Waals surface area contributed by atoms with Crippen molar-refractivity contribution in [2.75, 3.05) is 23.4 Å². The molecule has 25 heavy (non-hydrogen) atoms. The molecule has 0 aromatic heterocycles. The van der Waals surface area contributed by atoms with Crippen LogP contribution >= 0.6 is 0 Å². The van der Waals surface area contributed by atoms with Gasteiger partial charge in [-0.1, -0.05) is 30.3 Å². The number of carbonyl (C=O) groups excluding carboxylic acids is 2. The molecule has 0 unspecified atom stereocenters. The number of benzene rings is 2. The van der Waals surface area contributed by atoms with Crippen LogP contribution in [-0.2, 0) is 16.0 Å². The summed E-state index contributed by atoms with van der Waals surface area (Å²) in [4.78, 5) is 26.7. The molecule has 0 fully saturated rings. The molecule has 0 radical (unpaired) electrons. The SMILES string of the molecule is CCOC(=O)c1ccccc1NC(=O)CN1c2ccccc2C[C@@H]1C. The molecule has 1 atom stereocenters. The number of amides is 1. The van der Waals surface area contributed by atoms with Gasteiger partial charge in [-0.2, -0.15) is 0 Å². The molecule has 1 amide bonds. The highest BCUT2D eigenvalue weighted by Gasteiger charge is 2.27. The van der Waals surface area contributed by atoms with E-state index < -0.39 is 5.97 Å². The highest BCUT2D eigenvalue weighted by Crippen LogP contribution is 2.31. The van der Waals surface area contributed by atoms with Crippen LogP contribution in [0.5, 0.6) is 0 Å². The van der Waals surface area contributed by atoms with E-state index in [4.69, 9.17) is 4.74 Å². The molecule has 5 nitrogen and oxygen atoms in total. The number of nitrogens with zero attached hydrogens (tertiary/aromatic N) is 1. The Morgan fingerprint density at radius 2 is 1.88 bits per heavy atom. The maximum absolute atomic E-state index is 12.6. The molecule has 0 saturated heterocycles. The summed E-state index contributed by atoms with van der Waals surface area (Å²) in [6.07, 6.45) is 0.933. The normalized spacial score (nSPS) is 15.6. The molecule has 1 heterocycles. The number of nitrogens with one attached hydrogen (secondary N) is 1.